The Morgan fingerprint density at radius 1 is 1.44 bits per heavy atom. The fourth-order valence-corrected chi connectivity index (χ4v) is 2.34. The van der Waals surface area contributed by atoms with E-state index in [2.05, 4.69) is 4.90 Å². The summed E-state index contributed by atoms with van der Waals surface area (Å²) in [6, 6.07) is 0.247. The monoisotopic (exact) mass is 227 g/mol. The molecule has 2 atom stereocenters. The van der Waals surface area contributed by atoms with Gasteiger partial charge >= 0.3 is 0 Å². The molecule has 0 aromatic heterocycles. The van der Waals surface area contributed by atoms with Crippen LogP contribution in [0.1, 0.15) is 13.3 Å². The van der Waals surface area contributed by atoms with Crippen LogP contribution in [-0.4, -0.2) is 67.2 Å². The van der Waals surface area contributed by atoms with Crippen LogP contribution in [0.4, 0.5) is 0 Å². The maximum atomic E-state index is 12.0. The summed E-state index contributed by atoms with van der Waals surface area (Å²) in [6.45, 7) is 6.43. The van der Waals surface area contributed by atoms with E-state index >= 15 is 0 Å². The van der Waals surface area contributed by atoms with Crippen LogP contribution in [0.15, 0.2) is 0 Å². The van der Waals surface area contributed by atoms with E-state index in [0.29, 0.717) is 13.2 Å². The molecule has 5 nitrogen and oxygen atoms in total. The molecule has 0 spiro atoms. The number of likely N-dealkylation sites (tertiary alicyclic amines) is 1. The van der Waals surface area contributed by atoms with E-state index in [4.69, 9.17) is 10.5 Å². The highest BCUT2D eigenvalue weighted by molar-refractivity contribution is 5.78. The molecule has 2 fully saturated rings. The Morgan fingerprint density at radius 3 is 2.88 bits per heavy atom. The van der Waals surface area contributed by atoms with E-state index in [9.17, 15) is 4.79 Å². The second-order valence-corrected chi connectivity index (χ2v) is 4.81. The zero-order chi connectivity index (χ0) is 11.5. The average molecular weight is 227 g/mol. The van der Waals surface area contributed by atoms with Crippen molar-refractivity contribution in [3.05, 3.63) is 0 Å². The van der Waals surface area contributed by atoms with Gasteiger partial charge in [-0.05, 0) is 13.3 Å². The van der Waals surface area contributed by atoms with Crippen molar-refractivity contribution in [2.45, 2.75) is 25.5 Å². The van der Waals surface area contributed by atoms with Gasteiger partial charge in [0.25, 0.3) is 0 Å². The summed E-state index contributed by atoms with van der Waals surface area (Å²) in [7, 11) is 0. The van der Waals surface area contributed by atoms with Crippen molar-refractivity contribution in [3.63, 3.8) is 0 Å². The second kappa shape index (κ2) is 5.12. The molecular weight excluding hydrogens is 206 g/mol. The molecule has 0 aliphatic carbocycles. The van der Waals surface area contributed by atoms with E-state index in [1.54, 1.807) is 0 Å². The minimum Gasteiger partial charge on any atom is -0.375 e. The molecule has 1 unspecified atom stereocenters. The van der Waals surface area contributed by atoms with Gasteiger partial charge in [-0.1, -0.05) is 0 Å². The van der Waals surface area contributed by atoms with Crippen LogP contribution in [0, 0.1) is 0 Å². The van der Waals surface area contributed by atoms with Gasteiger partial charge in [-0.3, -0.25) is 9.69 Å². The topological polar surface area (TPSA) is 58.8 Å². The molecule has 92 valence electrons. The molecule has 0 radical (unpaired) electrons. The van der Waals surface area contributed by atoms with Crippen LogP contribution >= 0.6 is 0 Å². The number of hydrogen-bond donors (Lipinski definition) is 1. The van der Waals surface area contributed by atoms with Gasteiger partial charge in [0.15, 0.2) is 0 Å². The van der Waals surface area contributed by atoms with Gasteiger partial charge in [0.1, 0.15) is 0 Å². The predicted molar refractivity (Wildman–Crippen MR) is 61.0 cm³/mol. The SMILES string of the molecule is CC1CN(C(=O)CN2CC[C@@H](N)C2)CCO1. The fraction of sp³-hybridized carbons (Fsp3) is 0.909. The lowest BCUT2D eigenvalue weighted by Gasteiger charge is -2.32. The minimum atomic E-state index is 0.165. The van der Waals surface area contributed by atoms with Crippen LogP contribution in [0.25, 0.3) is 0 Å². The van der Waals surface area contributed by atoms with Gasteiger partial charge in [-0.25, -0.2) is 0 Å². The van der Waals surface area contributed by atoms with Crippen molar-refractivity contribution in [1.29, 1.82) is 0 Å². The van der Waals surface area contributed by atoms with Crippen LogP contribution in [0.3, 0.4) is 0 Å². The number of rotatable bonds is 2. The Kier molecular flexibility index (Phi) is 3.78. The van der Waals surface area contributed by atoms with Crippen LogP contribution in [0.5, 0.6) is 0 Å². The fourth-order valence-electron chi connectivity index (χ4n) is 2.34. The summed E-state index contributed by atoms with van der Waals surface area (Å²) < 4.78 is 5.42. The Balaban J connectivity index is 1.78. The summed E-state index contributed by atoms with van der Waals surface area (Å²) in [5.74, 6) is 0.212. The van der Waals surface area contributed by atoms with Crippen LogP contribution in [-0.2, 0) is 9.53 Å². The van der Waals surface area contributed by atoms with Crippen LogP contribution < -0.4 is 5.73 Å². The normalized spacial score (nSPS) is 32.0. The second-order valence-electron chi connectivity index (χ2n) is 4.81. The average Bonchev–Trinajstić information content (AvgIpc) is 2.64. The van der Waals surface area contributed by atoms with Crippen molar-refractivity contribution in [2.75, 3.05) is 39.3 Å². The molecule has 2 saturated heterocycles. The highest BCUT2D eigenvalue weighted by Crippen LogP contribution is 2.09. The van der Waals surface area contributed by atoms with Crippen molar-refractivity contribution >= 4 is 5.91 Å². The third-order valence-corrected chi connectivity index (χ3v) is 3.26. The highest BCUT2D eigenvalue weighted by Gasteiger charge is 2.26. The number of carbonyl (C=O) groups excluding carboxylic acids is 1. The highest BCUT2D eigenvalue weighted by atomic mass is 16.5. The molecule has 2 N–H and O–H groups in total. The van der Waals surface area contributed by atoms with E-state index in [1.165, 1.54) is 0 Å². The number of ether oxygens (including phenoxy) is 1. The molecular formula is C11H21N3O2. The first-order chi connectivity index (χ1) is 7.65. The molecule has 0 bridgehead atoms. The zero-order valence-electron chi connectivity index (χ0n) is 9.89. The van der Waals surface area contributed by atoms with Gasteiger partial charge in [-0.2, -0.15) is 0 Å². The summed E-state index contributed by atoms with van der Waals surface area (Å²) in [4.78, 5) is 16.0. The quantitative estimate of drug-likeness (QED) is 0.675. The predicted octanol–water partition coefficient (Wildman–Crippen LogP) is -0.733. The molecule has 2 aliphatic rings. The molecule has 0 aromatic carbocycles. The summed E-state index contributed by atoms with van der Waals surface area (Å²) >= 11 is 0. The molecule has 2 aliphatic heterocycles. The van der Waals surface area contributed by atoms with E-state index in [-0.39, 0.29) is 18.1 Å². The molecule has 2 rings (SSSR count). The zero-order valence-corrected chi connectivity index (χ0v) is 9.89. The maximum absolute atomic E-state index is 12.0. The van der Waals surface area contributed by atoms with Gasteiger partial charge in [0.2, 0.25) is 5.91 Å². The van der Waals surface area contributed by atoms with Gasteiger partial charge in [0.05, 0.1) is 19.3 Å². The Bertz CT molecular complexity index is 260. The van der Waals surface area contributed by atoms with Gasteiger partial charge < -0.3 is 15.4 Å². The summed E-state index contributed by atoms with van der Waals surface area (Å²) in [5.41, 5.74) is 5.81. The Labute approximate surface area is 96.5 Å². The number of hydrogen-bond acceptors (Lipinski definition) is 4. The number of carbonyl (C=O) groups is 1. The van der Waals surface area contributed by atoms with E-state index in [1.807, 2.05) is 11.8 Å². The summed E-state index contributed by atoms with van der Waals surface area (Å²) in [5, 5.41) is 0. The lowest BCUT2D eigenvalue weighted by Crippen LogP contribution is -2.48. The third kappa shape index (κ3) is 2.93. The van der Waals surface area contributed by atoms with Crippen molar-refractivity contribution in [2.24, 2.45) is 5.73 Å². The lowest BCUT2D eigenvalue weighted by molar-refractivity contribution is -0.139. The number of amides is 1. The van der Waals surface area contributed by atoms with Gasteiger partial charge in [-0.15, -0.1) is 0 Å². The first-order valence-corrected chi connectivity index (χ1v) is 6.02. The molecule has 1 amide bonds. The first-order valence-electron chi connectivity index (χ1n) is 6.02. The number of nitrogens with two attached hydrogens (primary N) is 1. The minimum absolute atomic E-state index is 0.165. The van der Waals surface area contributed by atoms with E-state index < -0.39 is 0 Å². The lowest BCUT2D eigenvalue weighted by atomic mass is 10.3. The summed E-state index contributed by atoms with van der Waals surface area (Å²) in [6.07, 6.45) is 1.17. The molecule has 5 heteroatoms. The van der Waals surface area contributed by atoms with E-state index in [0.717, 1.165) is 32.6 Å². The van der Waals surface area contributed by atoms with Crippen molar-refractivity contribution in [3.8, 4) is 0 Å². The largest absolute Gasteiger partial charge is 0.375 e. The Morgan fingerprint density at radius 2 is 2.25 bits per heavy atom. The molecule has 2 heterocycles. The van der Waals surface area contributed by atoms with Crippen molar-refractivity contribution < 1.29 is 9.53 Å². The smallest absolute Gasteiger partial charge is 0.236 e. The number of nitrogens with zero attached hydrogens (tertiary/aromatic N) is 2. The molecule has 16 heavy (non-hydrogen) atoms. The first kappa shape index (κ1) is 11.8. The molecule has 0 aromatic rings. The molecule has 0 saturated carbocycles. The third-order valence-electron chi connectivity index (χ3n) is 3.26. The van der Waals surface area contributed by atoms with Crippen LogP contribution in [0.2, 0.25) is 0 Å². The van der Waals surface area contributed by atoms with Gasteiger partial charge in [0, 0.05) is 32.2 Å². The van der Waals surface area contributed by atoms with Crippen molar-refractivity contribution in [1.82, 2.24) is 9.80 Å². The maximum Gasteiger partial charge on any atom is 0.236 e. The Hall–Kier alpha value is -0.650. The standard InChI is InChI=1S/C11H21N3O2/c1-9-6-14(4-5-16-9)11(15)8-13-3-2-10(12)7-13/h9-10H,2-8,12H2,1H3/t9?,10-/m1/s1. The number of morpholine rings is 1.